The van der Waals surface area contributed by atoms with Gasteiger partial charge in [-0.05, 0) is 6.08 Å². The third kappa shape index (κ3) is 2.53. The van der Waals surface area contributed by atoms with Crippen LogP contribution in [0.4, 0.5) is 0 Å². The van der Waals surface area contributed by atoms with Crippen LogP contribution >= 0.6 is 0 Å². The number of nitrogens with zero attached hydrogens (tertiary/aromatic N) is 1. The fourth-order valence-corrected chi connectivity index (χ4v) is 1.27. The molecule has 0 aromatic heterocycles. The minimum atomic E-state index is -0.457. The molecule has 0 heterocycles. The fourth-order valence-electron chi connectivity index (χ4n) is 1.27. The van der Waals surface area contributed by atoms with Gasteiger partial charge in [-0.3, -0.25) is 9.59 Å². The molecule has 0 radical (unpaired) electrons. The van der Waals surface area contributed by atoms with Crippen molar-refractivity contribution in [2.45, 2.75) is 0 Å². The molecule has 0 aromatic rings. The highest BCUT2D eigenvalue weighted by Crippen LogP contribution is 2.13. The van der Waals surface area contributed by atoms with Gasteiger partial charge in [-0.25, -0.2) is 0 Å². The zero-order chi connectivity index (χ0) is 10.9. The molecule has 4 nitrogen and oxygen atoms in total. The van der Waals surface area contributed by atoms with Gasteiger partial charge >= 0.3 is 0 Å². The lowest BCUT2D eigenvalue weighted by Gasteiger charge is -2.25. The van der Waals surface area contributed by atoms with Crippen LogP contribution in [0.3, 0.4) is 0 Å². The van der Waals surface area contributed by atoms with Gasteiger partial charge in [-0.15, -0.1) is 0 Å². The molecule has 0 spiro atoms. The van der Waals surface area contributed by atoms with E-state index in [4.69, 9.17) is 5.11 Å². The van der Waals surface area contributed by atoms with E-state index >= 15 is 0 Å². The third-order valence-electron chi connectivity index (χ3n) is 1.76. The maximum atomic E-state index is 11.4. The second-order valence-electron chi connectivity index (χ2n) is 4.38. The van der Waals surface area contributed by atoms with Gasteiger partial charge in [-0.1, -0.05) is 0 Å². The molecule has 0 aromatic carbocycles. The molecule has 1 rings (SSSR count). The number of rotatable bonds is 2. The Morgan fingerprint density at radius 2 is 1.79 bits per heavy atom. The Labute approximate surface area is 82.7 Å². The van der Waals surface area contributed by atoms with Crippen LogP contribution in [-0.4, -0.2) is 48.8 Å². The number of quaternary nitrogens is 1. The molecule has 0 aliphatic heterocycles. The molecule has 1 aliphatic rings. The Morgan fingerprint density at radius 1 is 1.21 bits per heavy atom. The summed E-state index contributed by atoms with van der Waals surface area (Å²) in [6, 6.07) is 0. The number of aliphatic hydroxyl groups excluding tert-OH is 1. The van der Waals surface area contributed by atoms with Crippen LogP contribution in [-0.2, 0) is 9.59 Å². The number of likely N-dealkylation sites (N-methyl/N-ethyl adjacent to an activating group) is 1. The first-order valence-corrected chi connectivity index (χ1v) is 4.30. The average molecular weight is 196 g/mol. The monoisotopic (exact) mass is 196 g/mol. The lowest BCUT2D eigenvalue weighted by atomic mass is 10.0. The van der Waals surface area contributed by atoms with E-state index in [0.717, 1.165) is 6.08 Å². The lowest BCUT2D eigenvalue weighted by Crippen LogP contribution is -2.38. The molecule has 0 amide bonds. The summed E-state index contributed by atoms with van der Waals surface area (Å²) in [6.45, 7) is 0.433. The van der Waals surface area contributed by atoms with Crippen LogP contribution in [0.5, 0.6) is 0 Å². The van der Waals surface area contributed by atoms with Gasteiger partial charge in [-0.2, -0.15) is 0 Å². The van der Waals surface area contributed by atoms with Crippen molar-refractivity contribution in [1.82, 2.24) is 0 Å². The second-order valence-corrected chi connectivity index (χ2v) is 4.38. The summed E-state index contributed by atoms with van der Waals surface area (Å²) >= 11 is 0. The number of Topliss-reactive ketones (excluding diaryl/α,β-unsaturated/α-hetero) is 1. The molecular weight excluding hydrogens is 182 g/mol. The minimum Gasteiger partial charge on any atom is -0.504 e. The van der Waals surface area contributed by atoms with Gasteiger partial charge < -0.3 is 9.59 Å². The van der Waals surface area contributed by atoms with Gasteiger partial charge in [0.1, 0.15) is 6.54 Å². The van der Waals surface area contributed by atoms with Crippen molar-refractivity contribution < 1.29 is 19.2 Å². The molecule has 0 fully saturated rings. The molecular formula is C10H14NO3+. The molecule has 1 N–H and O–H groups in total. The van der Waals surface area contributed by atoms with Crippen molar-refractivity contribution in [3.63, 3.8) is 0 Å². The SMILES string of the molecule is C[N+](C)(C)CC1=CC(=O)C=C(O)C1=O. The smallest absolute Gasteiger partial charge is 0.229 e. The fraction of sp³-hybridized carbons (Fsp3) is 0.400. The van der Waals surface area contributed by atoms with Crippen LogP contribution in [0, 0.1) is 0 Å². The number of carbonyl (C=O) groups excluding carboxylic acids is 2. The van der Waals surface area contributed by atoms with Crippen LogP contribution in [0.1, 0.15) is 0 Å². The van der Waals surface area contributed by atoms with E-state index in [1.54, 1.807) is 0 Å². The maximum Gasteiger partial charge on any atom is 0.229 e. The minimum absolute atomic E-state index is 0.328. The first-order chi connectivity index (χ1) is 6.29. The van der Waals surface area contributed by atoms with Gasteiger partial charge in [0.25, 0.3) is 0 Å². The largest absolute Gasteiger partial charge is 0.504 e. The topological polar surface area (TPSA) is 54.4 Å². The molecule has 1 aliphatic carbocycles. The molecule has 0 unspecified atom stereocenters. The van der Waals surface area contributed by atoms with Gasteiger partial charge in [0.15, 0.2) is 11.5 Å². The Kier molecular flexibility index (Phi) is 2.57. The first kappa shape index (κ1) is 10.7. The van der Waals surface area contributed by atoms with E-state index in [0.29, 0.717) is 16.6 Å². The van der Waals surface area contributed by atoms with Crippen LogP contribution in [0.15, 0.2) is 23.5 Å². The molecule has 0 saturated carbocycles. The molecule has 4 heteroatoms. The van der Waals surface area contributed by atoms with Crippen molar-refractivity contribution in [2.75, 3.05) is 27.7 Å². The third-order valence-corrected chi connectivity index (χ3v) is 1.76. The van der Waals surface area contributed by atoms with Crippen LogP contribution in [0.25, 0.3) is 0 Å². The molecule has 0 saturated heterocycles. The Bertz CT molecular complexity index is 345. The second kappa shape index (κ2) is 3.38. The van der Waals surface area contributed by atoms with Gasteiger partial charge in [0.2, 0.25) is 5.78 Å². The summed E-state index contributed by atoms with van der Waals surface area (Å²) in [4.78, 5) is 22.4. The van der Waals surface area contributed by atoms with Gasteiger partial charge in [0, 0.05) is 6.08 Å². The highest BCUT2D eigenvalue weighted by Gasteiger charge is 2.25. The predicted octanol–water partition coefficient (Wildman–Crippen LogP) is 0.213. The zero-order valence-electron chi connectivity index (χ0n) is 8.57. The number of carbonyl (C=O) groups is 2. The first-order valence-electron chi connectivity index (χ1n) is 4.30. The molecule has 0 bridgehead atoms. The Morgan fingerprint density at radius 3 is 2.29 bits per heavy atom. The van der Waals surface area contributed by atoms with Crippen molar-refractivity contribution in [2.24, 2.45) is 0 Å². The van der Waals surface area contributed by atoms with Crippen LogP contribution in [0.2, 0.25) is 0 Å². The Hall–Kier alpha value is -1.42. The van der Waals surface area contributed by atoms with Gasteiger partial charge in [0.05, 0.1) is 26.7 Å². The lowest BCUT2D eigenvalue weighted by molar-refractivity contribution is -0.865. The summed E-state index contributed by atoms with van der Waals surface area (Å²) in [5.74, 6) is -1.23. The summed E-state index contributed by atoms with van der Waals surface area (Å²) in [5.41, 5.74) is 0.363. The van der Waals surface area contributed by atoms with Crippen molar-refractivity contribution >= 4 is 11.6 Å². The number of allylic oxidation sites excluding steroid dienone is 3. The molecule has 76 valence electrons. The van der Waals surface area contributed by atoms with E-state index < -0.39 is 11.5 Å². The van der Waals surface area contributed by atoms with Crippen molar-refractivity contribution in [3.05, 3.63) is 23.5 Å². The van der Waals surface area contributed by atoms with E-state index in [-0.39, 0.29) is 5.78 Å². The van der Waals surface area contributed by atoms with E-state index in [9.17, 15) is 9.59 Å². The number of aliphatic hydroxyl groups is 1. The van der Waals surface area contributed by atoms with Crippen molar-refractivity contribution in [3.8, 4) is 0 Å². The summed E-state index contributed by atoms with van der Waals surface area (Å²) < 4.78 is 0.540. The number of ketones is 2. The standard InChI is InChI=1S/C10H13NO3/c1-11(2,3)6-7-4-8(12)5-9(13)10(7)14/h4-5H,6H2,1-3H3/p+1. The molecule has 14 heavy (non-hydrogen) atoms. The summed E-state index contributed by atoms with van der Waals surface area (Å²) in [7, 11) is 5.73. The zero-order valence-corrected chi connectivity index (χ0v) is 8.57. The highest BCUT2D eigenvalue weighted by atomic mass is 16.3. The average Bonchev–Trinajstić information content (AvgIpc) is 1.96. The Balaban J connectivity index is 2.90. The predicted molar refractivity (Wildman–Crippen MR) is 51.7 cm³/mol. The molecule has 0 atom stereocenters. The van der Waals surface area contributed by atoms with E-state index in [2.05, 4.69) is 0 Å². The quantitative estimate of drug-likeness (QED) is 0.507. The highest BCUT2D eigenvalue weighted by molar-refractivity contribution is 6.19. The van der Waals surface area contributed by atoms with E-state index in [1.807, 2.05) is 21.1 Å². The van der Waals surface area contributed by atoms with Crippen molar-refractivity contribution in [1.29, 1.82) is 0 Å². The van der Waals surface area contributed by atoms with Crippen LogP contribution < -0.4 is 0 Å². The normalized spacial score (nSPS) is 17.9. The summed E-state index contributed by atoms with van der Waals surface area (Å²) in [5, 5.41) is 9.16. The van der Waals surface area contributed by atoms with E-state index in [1.165, 1.54) is 6.08 Å². The number of hydrogen-bond donors (Lipinski definition) is 1. The summed E-state index contributed by atoms with van der Waals surface area (Å²) in [6.07, 6.45) is 2.23. The number of hydrogen-bond acceptors (Lipinski definition) is 3. The maximum absolute atomic E-state index is 11.4.